The summed E-state index contributed by atoms with van der Waals surface area (Å²) in [5, 5.41) is 20.2. The van der Waals surface area contributed by atoms with Crippen molar-refractivity contribution in [2.24, 2.45) is 12.2 Å². The number of hydrogen-bond acceptors (Lipinski definition) is 4. The first-order valence-corrected chi connectivity index (χ1v) is 6.78. The van der Waals surface area contributed by atoms with E-state index in [1.54, 1.807) is 17.9 Å². The summed E-state index contributed by atoms with van der Waals surface area (Å²) in [5.74, 6) is -0.947. The number of hydrogen-bond donors (Lipinski definition) is 2. The van der Waals surface area contributed by atoms with E-state index in [1.807, 2.05) is 20.8 Å². The van der Waals surface area contributed by atoms with E-state index in [0.29, 0.717) is 25.1 Å². The van der Waals surface area contributed by atoms with E-state index >= 15 is 0 Å². The van der Waals surface area contributed by atoms with Crippen molar-refractivity contribution in [1.29, 1.82) is 0 Å². The summed E-state index contributed by atoms with van der Waals surface area (Å²) in [6.45, 7) is 6.79. The minimum Gasteiger partial charge on any atom is -0.480 e. The fraction of sp³-hybridized carbons (Fsp3) is 0.692. The van der Waals surface area contributed by atoms with E-state index in [4.69, 9.17) is 5.53 Å². The van der Waals surface area contributed by atoms with Crippen molar-refractivity contribution in [2.75, 3.05) is 13.1 Å². The molecule has 0 radical (unpaired) electrons. The van der Waals surface area contributed by atoms with E-state index in [-0.39, 0.29) is 5.41 Å². The molecule has 0 amide bonds. The first kappa shape index (κ1) is 17.0. The van der Waals surface area contributed by atoms with Gasteiger partial charge in [0, 0.05) is 35.7 Å². The molecule has 1 rings (SSSR count). The number of nitrogens with zero attached hydrogens (tertiary/aromatic N) is 5. The molecule has 0 aliphatic rings. The van der Waals surface area contributed by atoms with Gasteiger partial charge in [0.2, 0.25) is 0 Å². The zero-order chi connectivity index (χ0) is 16.0. The fourth-order valence-corrected chi connectivity index (χ4v) is 2.07. The van der Waals surface area contributed by atoms with Gasteiger partial charge in [0.15, 0.2) is 0 Å². The highest BCUT2D eigenvalue weighted by Gasteiger charge is 2.30. The Balaban J connectivity index is 2.91. The molecule has 0 aromatic carbocycles. The van der Waals surface area contributed by atoms with Crippen molar-refractivity contribution in [2.45, 2.75) is 38.6 Å². The quantitative estimate of drug-likeness (QED) is 0.347. The molecular weight excluding hydrogens is 272 g/mol. The number of aromatic nitrogens is 2. The number of rotatable bonds is 7. The van der Waals surface area contributed by atoms with Crippen LogP contribution < -0.4 is 5.32 Å². The fourth-order valence-electron chi connectivity index (χ4n) is 2.07. The molecule has 0 bridgehead atoms. The molecule has 1 aromatic rings. The van der Waals surface area contributed by atoms with Crippen LogP contribution in [0.4, 0.5) is 0 Å². The molecular formula is C13H22N6O2. The minimum atomic E-state index is -0.947. The summed E-state index contributed by atoms with van der Waals surface area (Å²) < 4.78 is 1.63. The van der Waals surface area contributed by atoms with Crippen LogP contribution in [0.1, 0.15) is 44.5 Å². The number of carboxylic acids is 1. The Morgan fingerprint density at radius 1 is 1.62 bits per heavy atom. The van der Waals surface area contributed by atoms with Crippen molar-refractivity contribution in [1.82, 2.24) is 15.1 Å². The van der Waals surface area contributed by atoms with Gasteiger partial charge >= 0.3 is 5.97 Å². The van der Waals surface area contributed by atoms with Crippen LogP contribution in [0.2, 0.25) is 0 Å². The van der Waals surface area contributed by atoms with Crippen LogP contribution in [0.5, 0.6) is 0 Å². The molecule has 1 aromatic heterocycles. The molecule has 0 saturated heterocycles. The summed E-state index contributed by atoms with van der Waals surface area (Å²) >= 11 is 0. The summed E-state index contributed by atoms with van der Waals surface area (Å²) in [6.07, 6.45) is 2.32. The first-order valence-electron chi connectivity index (χ1n) is 6.78. The molecule has 21 heavy (non-hydrogen) atoms. The number of carbonyl (C=O) groups is 1. The van der Waals surface area contributed by atoms with Gasteiger partial charge < -0.3 is 10.4 Å². The van der Waals surface area contributed by atoms with Gasteiger partial charge in [-0.15, -0.1) is 0 Å². The van der Waals surface area contributed by atoms with Crippen LogP contribution >= 0.6 is 0 Å². The lowest BCUT2D eigenvalue weighted by Crippen LogP contribution is -2.31. The maximum atomic E-state index is 11.5. The first-order chi connectivity index (χ1) is 9.77. The average molecular weight is 294 g/mol. The lowest BCUT2D eigenvalue weighted by molar-refractivity contribution is -0.139. The van der Waals surface area contributed by atoms with E-state index in [2.05, 4.69) is 20.4 Å². The van der Waals surface area contributed by atoms with Crippen molar-refractivity contribution >= 4 is 5.97 Å². The van der Waals surface area contributed by atoms with Crippen molar-refractivity contribution < 1.29 is 9.90 Å². The molecule has 2 N–H and O–H groups in total. The van der Waals surface area contributed by atoms with Gasteiger partial charge in [-0.25, -0.2) is 0 Å². The Morgan fingerprint density at radius 3 is 2.81 bits per heavy atom. The van der Waals surface area contributed by atoms with Gasteiger partial charge in [-0.1, -0.05) is 25.9 Å². The van der Waals surface area contributed by atoms with Crippen LogP contribution in [0, 0.1) is 0 Å². The van der Waals surface area contributed by atoms with Crippen LogP contribution in [0.3, 0.4) is 0 Å². The molecule has 116 valence electrons. The van der Waals surface area contributed by atoms with Gasteiger partial charge in [-0.2, -0.15) is 5.10 Å². The highest BCUT2D eigenvalue weighted by atomic mass is 16.4. The number of carboxylic acid groups (broad SMARTS) is 1. The molecule has 0 aliphatic carbocycles. The number of nitrogens with one attached hydrogen (secondary N) is 1. The summed E-state index contributed by atoms with van der Waals surface area (Å²) in [7, 11) is 1.78. The molecule has 0 fully saturated rings. The highest BCUT2D eigenvalue weighted by Crippen LogP contribution is 2.28. The van der Waals surface area contributed by atoms with Crippen molar-refractivity contribution in [3.8, 4) is 0 Å². The van der Waals surface area contributed by atoms with E-state index in [0.717, 1.165) is 5.69 Å². The Kier molecular flexibility index (Phi) is 5.75. The zero-order valence-corrected chi connectivity index (χ0v) is 12.9. The topological polar surface area (TPSA) is 116 Å². The second kappa shape index (κ2) is 7.10. The minimum absolute atomic E-state index is 0.239. The third-order valence-corrected chi connectivity index (χ3v) is 2.97. The molecule has 0 saturated carbocycles. The standard InChI is InChI=1S/C13H22N6O2/c1-13(2,3)11-9(8-19(4)17-11)10(12(20)21)15-6-5-7-16-18-14/h8,10,15H,5-7H2,1-4H3,(H,20,21). The number of azide groups is 1. The van der Waals surface area contributed by atoms with Gasteiger partial charge in [0.1, 0.15) is 6.04 Å². The van der Waals surface area contributed by atoms with Gasteiger partial charge in [-0.05, 0) is 18.5 Å². The maximum absolute atomic E-state index is 11.5. The molecule has 1 unspecified atom stereocenters. The Labute approximate surface area is 123 Å². The zero-order valence-electron chi connectivity index (χ0n) is 12.9. The van der Waals surface area contributed by atoms with Crippen molar-refractivity contribution in [3.63, 3.8) is 0 Å². The van der Waals surface area contributed by atoms with Crippen molar-refractivity contribution in [3.05, 3.63) is 27.9 Å². The summed E-state index contributed by atoms with van der Waals surface area (Å²) in [6, 6.07) is -0.820. The predicted molar refractivity (Wildman–Crippen MR) is 78.9 cm³/mol. The van der Waals surface area contributed by atoms with Crippen LogP contribution in [-0.2, 0) is 17.3 Å². The maximum Gasteiger partial charge on any atom is 0.325 e. The summed E-state index contributed by atoms with van der Waals surface area (Å²) in [4.78, 5) is 14.2. The number of aliphatic carboxylic acids is 1. The average Bonchev–Trinajstić information content (AvgIpc) is 2.75. The molecule has 0 spiro atoms. The number of aryl methyl sites for hydroxylation is 1. The van der Waals surface area contributed by atoms with E-state index in [1.165, 1.54) is 0 Å². The van der Waals surface area contributed by atoms with Gasteiger partial charge in [0.25, 0.3) is 0 Å². The van der Waals surface area contributed by atoms with E-state index < -0.39 is 12.0 Å². The Bertz CT molecular complexity index is 539. The summed E-state index contributed by atoms with van der Waals surface area (Å²) in [5.41, 5.74) is 9.40. The normalized spacial score (nSPS) is 12.8. The third-order valence-electron chi connectivity index (χ3n) is 2.97. The lowest BCUT2D eigenvalue weighted by Gasteiger charge is -2.21. The molecule has 8 nitrogen and oxygen atoms in total. The van der Waals surface area contributed by atoms with Gasteiger partial charge in [-0.3, -0.25) is 9.48 Å². The van der Waals surface area contributed by atoms with Crippen LogP contribution in [0.25, 0.3) is 10.4 Å². The SMILES string of the molecule is Cn1cc(C(NCCCN=[N+]=[N-])C(=O)O)c(C(C)(C)C)n1. The Morgan fingerprint density at radius 2 is 2.29 bits per heavy atom. The second-order valence-corrected chi connectivity index (χ2v) is 5.89. The lowest BCUT2D eigenvalue weighted by atomic mass is 9.87. The molecule has 1 atom stereocenters. The smallest absolute Gasteiger partial charge is 0.325 e. The van der Waals surface area contributed by atoms with Gasteiger partial charge in [0.05, 0.1) is 5.69 Å². The highest BCUT2D eigenvalue weighted by molar-refractivity contribution is 5.76. The third kappa shape index (κ3) is 4.77. The second-order valence-electron chi connectivity index (χ2n) is 5.89. The Hall–Kier alpha value is -2.05. The predicted octanol–water partition coefficient (Wildman–Crippen LogP) is 2.13. The van der Waals surface area contributed by atoms with Crippen LogP contribution in [-0.4, -0.2) is 33.9 Å². The molecule has 1 heterocycles. The van der Waals surface area contributed by atoms with Crippen LogP contribution in [0.15, 0.2) is 11.3 Å². The molecule has 0 aliphatic heterocycles. The largest absolute Gasteiger partial charge is 0.480 e. The monoisotopic (exact) mass is 294 g/mol. The van der Waals surface area contributed by atoms with E-state index in [9.17, 15) is 9.90 Å². The molecule has 8 heteroatoms.